The molecule has 1 amide bonds. The SMILES string of the molecule is Cc1ccc(-c2nc(CCNC(=O)CSc3nc4ccccc4s3)cs2)cc1. The summed E-state index contributed by atoms with van der Waals surface area (Å²) in [4.78, 5) is 21.3. The van der Waals surface area contributed by atoms with E-state index < -0.39 is 0 Å². The van der Waals surface area contributed by atoms with Crippen LogP contribution in [0.15, 0.2) is 58.3 Å². The van der Waals surface area contributed by atoms with E-state index in [1.54, 1.807) is 22.7 Å². The molecule has 0 saturated heterocycles. The van der Waals surface area contributed by atoms with Crippen LogP contribution in [-0.2, 0) is 11.2 Å². The Morgan fingerprint density at radius 1 is 1.11 bits per heavy atom. The number of aromatic nitrogens is 2. The van der Waals surface area contributed by atoms with Crippen molar-refractivity contribution in [2.45, 2.75) is 17.7 Å². The van der Waals surface area contributed by atoms with Gasteiger partial charge < -0.3 is 5.32 Å². The molecule has 7 heteroatoms. The molecule has 4 rings (SSSR count). The molecule has 0 fully saturated rings. The van der Waals surface area contributed by atoms with Gasteiger partial charge in [0.05, 0.1) is 21.7 Å². The van der Waals surface area contributed by atoms with Crippen LogP contribution in [0, 0.1) is 6.92 Å². The number of rotatable bonds is 7. The molecular weight excluding hydrogens is 406 g/mol. The van der Waals surface area contributed by atoms with E-state index in [2.05, 4.69) is 57.9 Å². The summed E-state index contributed by atoms with van der Waals surface area (Å²) in [6, 6.07) is 16.4. The van der Waals surface area contributed by atoms with Gasteiger partial charge in [-0.15, -0.1) is 22.7 Å². The maximum atomic E-state index is 12.1. The van der Waals surface area contributed by atoms with Crippen LogP contribution in [0.4, 0.5) is 0 Å². The number of thioether (sulfide) groups is 1. The lowest BCUT2D eigenvalue weighted by Gasteiger charge is -2.02. The number of hydrogen-bond donors (Lipinski definition) is 1. The Labute approximate surface area is 176 Å². The summed E-state index contributed by atoms with van der Waals surface area (Å²) in [6.45, 7) is 2.67. The lowest BCUT2D eigenvalue weighted by molar-refractivity contribution is -0.118. The monoisotopic (exact) mass is 425 g/mol. The predicted octanol–water partition coefficient (Wildman–Crippen LogP) is 5.18. The second-order valence-corrected chi connectivity index (χ2v) is 9.46. The average molecular weight is 426 g/mol. The Balaban J connectivity index is 1.23. The highest BCUT2D eigenvalue weighted by Gasteiger charge is 2.08. The van der Waals surface area contributed by atoms with Crippen LogP contribution >= 0.6 is 34.4 Å². The van der Waals surface area contributed by atoms with Crippen molar-refractivity contribution in [2.24, 2.45) is 0 Å². The van der Waals surface area contributed by atoms with Crippen LogP contribution in [0.1, 0.15) is 11.3 Å². The Morgan fingerprint density at radius 3 is 2.75 bits per heavy atom. The summed E-state index contributed by atoms with van der Waals surface area (Å²) in [5, 5.41) is 6.06. The van der Waals surface area contributed by atoms with E-state index in [0.29, 0.717) is 12.3 Å². The van der Waals surface area contributed by atoms with Gasteiger partial charge in [0.2, 0.25) is 5.91 Å². The molecule has 0 aliphatic rings. The van der Waals surface area contributed by atoms with Gasteiger partial charge >= 0.3 is 0 Å². The normalized spacial score (nSPS) is 11.0. The van der Waals surface area contributed by atoms with Gasteiger partial charge in [-0.25, -0.2) is 9.97 Å². The molecule has 28 heavy (non-hydrogen) atoms. The van der Waals surface area contributed by atoms with Crippen LogP contribution in [0.3, 0.4) is 0 Å². The highest BCUT2D eigenvalue weighted by atomic mass is 32.2. The molecule has 0 saturated carbocycles. The first-order chi connectivity index (χ1) is 13.7. The molecule has 0 unspecified atom stereocenters. The van der Waals surface area contributed by atoms with Crippen molar-refractivity contribution < 1.29 is 4.79 Å². The fourth-order valence-electron chi connectivity index (χ4n) is 2.67. The van der Waals surface area contributed by atoms with Crippen molar-refractivity contribution in [3.63, 3.8) is 0 Å². The minimum absolute atomic E-state index is 0.0262. The standard InChI is InChI=1S/C21H19N3OS3/c1-14-6-8-15(9-7-14)20-23-16(12-26-20)10-11-22-19(25)13-27-21-24-17-4-2-3-5-18(17)28-21/h2-9,12H,10-11,13H2,1H3,(H,22,25). The molecule has 142 valence electrons. The third-order valence-electron chi connectivity index (χ3n) is 4.15. The van der Waals surface area contributed by atoms with Crippen molar-refractivity contribution in [3.8, 4) is 10.6 Å². The number of thiazole rings is 2. The van der Waals surface area contributed by atoms with E-state index >= 15 is 0 Å². The summed E-state index contributed by atoms with van der Waals surface area (Å²) in [5.41, 5.74) is 4.38. The minimum atomic E-state index is 0.0262. The summed E-state index contributed by atoms with van der Waals surface area (Å²) in [6.07, 6.45) is 0.736. The quantitative estimate of drug-likeness (QED) is 0.415. The Hall–Kier alpha value is -2.22. The molecule has 2 heterocycles. The van der Waals surface area contributed by atoms with Crippen molar-refractivity contribution in [1.82, 2.24) is 15.3 Å². The zero-order valence-corrected chi connectivity index (χ0v) is 17.8. The number of carbonyl (C=O) groups excluding carboxylic acids is 1. The topological polar surface area (TPSA) is 54.9 Å². The molecule has 0 bridgehead atoms. The fourth-order valence-corrected chi connectivity index (χ4v) is 5.43. The summed E-state index contributed by atoms with van der Waals surface area (Å²) >= 11 is 4.75. The second kappa shape index (κ2) is 8.86. The number of hydrogen-bond acceptors (Lipinski definition) is 6. The van der Waals surface area contributed by atoms with E-state index in [1.807, 2.05) is 18.2 Å². The smallest absolute Gasteiger partial charge is 0.230 e. The number of carbonyl (C=O) groups is 1. The van der Waals surface area contributed by atoms with Gasteiger partial charge in [0.25, 0.3) is 0 Å². The van der Waals surface area contributed by atoms with E-state index in [-0.39, 0.29) is 5.91 Å². The third kappa shape index (κ3) is 4.79. The third-order valence-corrected chi connectivity index (χ3v) is 7.27. The molecule has 0 atom stereocenters. The summed E-state index contributed by atoms with van der Waals surface area (Å²) in [5.74, 6) is 0.407. The first-order valence-corrected chi connectivity index (χ1v) is 11.6. The van der Waals surface area contributed by atoms with Crippen LogP contribution in [0.2, 0.25) is 0 Å². The predicted molar refractivity (Wildman–Crippen MR) is 119 cm³/mol. The maximum Gasteiger partial charge on any atom is 0.230 e. The number of aryl methyl sites for hydroxylation is 1. The zero-order valence-electron chi connectivity index (χ0n) is 15.3. The van der Waals surface area contributed by atoms with E-state index in [9.17, 15) is 4.79 Å². The molecule has 0 spiro atoms. The molecule has 0 aliphatic heterocycles. The Morgan fingerprint density at radius 2 is 1.93 bits per heavy atom. The molecule has 4 nitrogen and oxygen atoms in total. The van der Waals surface area contributed by atoms with Gasteiger partial charge in [0, 0.05) is 23.9 Å². The lowest BCUT2D eigenvalue weighted by Crippen LogP contribution is -2.27. The number of amides is 1. The first-order valence-electron chi connectivity index (χ1n) is 8.94. The minimum Gasteiger partial charge on any atom is -0.355 e. The molecule has 0 radical (unpaired) electrons. The molecule has 1 N–H and O–H groups in total. The summed E-state index contributed by atoms with van der Waals surface area (Å²) in [7, 11) is 0. The molecule has 2 aromatic heterocycles. The van der Waals surface area contributed by atoms with Crippen LogP contribution in [0.5, 0.6) is 0 Å². The Kier molecular flexibility index (Phi) is 6.04. The van der Waals surface area contributed by atoms with Gasteiger partial charge in [0.1, 0.15) is 5.01 Å². The number of fused-ring (bicyclic) bond motifs is 1. The number of nitrogens with zero attached hydrogens (tertiary/aromatic N) is 2. The van der Waals surface area contributed by atoms with Crippen molar-refractivity contribution in [1.29, 1.82) is 0 Å². The molecular formula is C21H19N3OS3. The molecule has 2 aromatic carbocycles. The van der Waals surface area contributed by atoms with Gasteiger partial charge in [0.15, 0.2) is 4.34 Å². The molecule has 4 aromatic rings. The van der Waals surface area contributed by atoms with Gasteiger partial charge in [-0.05, 0) is 19.1 Å². The highest BCUT2D eigenvalue weighted by Crippen LogP contribution is 2.29. The second-order valence-electron chi connectivity index (χ2n) is 6.35. The van der Waals surface area contributed by atoms with Crippen LogP contribution in [-0.4, -0.2) is 28.2 Å². The van der Waals surface area contributed by atoms with E-state index in [4.69, 9.17) is 0 Å². The average Bonchev–Trinajstić information content (AvgIpc) is 3.33. The lowest BCUT2D eigenvalue weighted by atomic mass is 10.2. The van der Waals surface area contributed by atoms with E-state index in [1.165, 1.54) is 17.3 Å². The largest absolute Gasteiger partial charge is 0.355 e. The summed E-state index contributed by atoms with van der Waals surface area (Å²) < 4.78 is 2.08. The number of para-hydroxylation sites is 1. The van der Waals surface area contributed by atoms with Gasteiger partial charge in [-0.1, -0.05) is 53.7 Å². The highest BCUT2D eigenvalue weighted by molar-refractivity contribution is 8.01. The zero-order chi connectivity index (χ0) is 19.3. The van der Waals surface area contributed by atoms with Crippen molar-refractivity contribution >= 4 is 50.6 Å². The maximum absolute atomic E-state index is 12.1. The Bertz CT molecular complexity index is 1050. The number of benzene rings is 2. The molecule has 0 aliphatic carbocycles. The van der Waals surface area contributed by atoms with Crippen molar-refractivity contribution in [2.75, 3.05) is 12.3 Å². The van der Waals surface area contributed by atoms with Crippen LogP contribution in [0.25, 0.3) is 20.8 Å². The van der Waals surface area contributed by atoms with Crippen LogP contribution < -0.4 is 5.32 Å². The fraction of sp³-hybridized carbons (Fsp3) is 0.190. The first kappa shape index (κ1) is 19.1. The van der Waals surface area contributed by atoms with Gasteiger partial charge in [-0.3, -0.25) is 4.79 Å². The van der Waals surface area contributed by atoms with Gasteiger partial charge in [-0.2, -0.15) is 0 Å². The van der Waals surface area contributed by atoms with Crippen molar-refractivity contribution in [3.05, 3.63) is 65.2 Å². The number of nitrogens with one attached hydrogen (secondary N) is 1. The van der Waals surface area contributed by atoms with E-state index in [0.717, 1.165) is 37.2 Å².